The summed E-state index contributed by atoms with van der Waals surface area (Å²) < 4.78 is 0. The number of carbonyl (C=O) groups excluding carboxylic acids is 1. The van der Waals surface area contributed by atoms with Crippen LogP contribution in [0.25, 0.3) is 0 Å². The third kappa shape index (κ3) is 5.36. The van der Waals surface area contributed by atoms with E-state index in [1.54, 1.807) is 6.92 Å². The number of amides is 2. The van der Waals surface area contributed by atoms with Crippen LogP contribution in [0.5, 0.6) is 0 Å². The van der Waals surface area contributed by atoms with Gasteiger partial charge >= 0.3 is 6.03 Å². The molecule has 0 heterocycles. The summed E-state index contributed by atoms with van der Waals surface area (Å²) in [5.74, 6) is 0. The number of aliphatic hydroxyl groups is 1. The van der Waals surface area contributed by atoms with Gasteiger partial charge < -0.3 is 20.6 Å². The monoisotopic (exact) mass is 299 g/mol. The predicted molar refractivity (Wildman–Crippen MR) is 81.0 cm³/mol. The fourth-order valence-electron chi connectivity index (χ4n) is 1.79. The van der Waals surface area contributed by atoms with Crippen LogP contribution in [-0.4, -0.2) is 49.3 Å². The Morgan fingerprint density at radius 1 is 1.35 bits per heavy atom. The van der Waals surface area contributed by atoms with Gasteiger partial charge in [-0.3, -0.25) is 0 Å². The molecule has 0 unspecified atom stereocenters. The van der Waals surface area contributed by atoms with Gasteiger partial charge in [-0.2, -0.15) is 0 Å². The Balaban J connectivity index is 2.60. The summed E-state index contributed by atoms with van der Waals surface area (Å²) in [5.41, 5.74) is 1.08. The van der Waals surface area contributed by atoms with E-state index >= 15 is 0 Å². The molecule has 0 aliphatic carbocycles. The quantitative estimate of drug-likeness (QED) is 0.748. The second kappa shape index (κ2) is 8.09. The first-order chi connectivity index (χ1) is 9.43. The molecule has 1 aromatic rings. The second-order valence-corrected chi connectivity index (χ2v) is 5.41. The smallest absolute Gasteiger partial charge is 0.315 e. The molecule has 0 radical (unpaired) electrons. The van der Waals surface area contributed by atoms with Gasteiger partial charge in [0, 0.05) is 11.6 Å². The van der Waals surface area contributed by atoms with E-state index in [0.717, 1.165) is 5.56 Å². The summed E-state index contributed by atoms with van der Waals surface area (Å²) in [6.45, 7) is 2.13. The van der Waals surface area contributed by atoms with E-state index in [-0.39, 0.29) is 24.7 Å². The molecule has 0 fully saturated rings. The number of likely N-dealkylation sites (N-methyl/N-ethyl adjacent to an activating group) is 1. The lowest BCUT2D eigenvalue weighted by atomic mass is 10.1. The number of benzene rings is 1. The zero-order chi connectivity index (χ0) is 15.1. The van der Waals surface area contributed by atoms with Crippen molar-refractivity contribution < 1.29 is 9.90 Å². The SMILES string of the molecule is C[C@H](CO)NC(=O)NC[C@@H](c1ccc(Cl)cc1)N(C)C. The van der Waals surface area contributed by atoms with Crippen LogP contribution in [0.3, 0.4) is 0 Å². The lowest BCUT2D eigenvalue weighted by molar-refractivity contribution is 0.215. The number of halogens is 1. The summed E-state index contributed by atoms with van der Waals surface area (Å²) in [6.07, 6.45) is 0. The molecule has 0 bridgehead atoms. The van der Waals surface area contributed by atoms with E-state index < -0.39 is 0 Å². The van der Waals surface area contributed by atoms with Gasteiger partial charge in [0.05, 0.1) is 18.7 Å². The van der Waals surface area contributed by atoms with Crippen molar-refractivity contribution >= 4 is 17.6 Å². The molecule has 0 spiro atoms. The first-order valence-corrected chi connectivity index (χ1v) is 6.89. The van der Waals surface area contributed by atoms with Gasteiger partial charge in [-0.15, -0.1) is 0 Å². The highest BCUT2D eigenvalue weighted by Gasteiger charge is 2.15. The molecular formula is C14H22ClN3O2. The van der Waals surface area contributed by atoms with Crippen molar-refractivity contribution in [2.75, 3.05) is 27.2 Å². The third-order valence-corrected chi connectivity index (χ3v) is 3.24. The van der Waals surface area contributed by atoms with Crippen molar-refractivity contribution in [1.29, 1.82) is 0 Å². The topological polar surface area (TPSA) is 64.6 Å². The van der Waals surface area contributed by atoms with Crippen LogP contribution in [0.15, 0.2) is 24.3 Å². The van der Waals surface area contributed by atoms with Crippen LogP contribution in [-0.2, 0) is 0 Å². The van der Waals surface area contributed by atoms with E-state index in [4.69, 9.17) is 16.7 Å². The maximum atomic E-state index is 11.7. The summed E-state index contributed by atoms with van der Waals surface area (Å²) in [7, 11) is 3.91. The normalized spacial score (nSPS) is 13.9. The lowest BCUT2D eigenvalue weighted by Gasteiger charge is -2.25. The predicted octanol–water partition coefficient (Wildman–Crippen LogP) is 1.62. The third-order valence-electron chi connectivity index (χ3n) is 2.99. The lowest BCUT2D eigenvalue weighted by Crippen LogP contribution is -2.44. The second-order valence-electron chi connectivity index (χ2n) is 4.97. The van der Waals surface area contributed by atoms with Crippen molar-refractivity contribution in [3.8, 4) is 0 Å². The van der Waals surface area contributed by atoms with Crippen molar-refractivity contribution in [2.24, 2.45) is 0 Å². The number of nitrogens with one attached hydrogen (secondary N) is 2. The molecule has 5 nitrogen and oxygen atoms in total. The minimum Gasteiger partial charge on any atom is -0.394 e. The molecule has 2 amide bonds. The molecule has 2 atom stereocenters. The highest BCUT2D eigenvalue weighted by Crippen LogP contribution is 2.19. The molecule has 1 aromatic carbocycles. The Kier molecular flexibility index (Phi) is 6.78. The molecule has 1 rings (SSSR count). The summed E-state index contributed by atoms with van der Waals surface area (Å²) in [5, 5.41) is 15.0. The average Bonchev–Trinajstić information content (AvgIpc) is 2.40. The van der Waals surface area contributed by atoms with Gasteiger partial charge in [0.15, 0.2) is 0 Å². The van der Waals surface area contributed by atoms with E-state index in [1.807, 2.05) is 43.3 Å². The maximum Gasteiger partial charge on any atom is 0.315 e. The highest BCUT2D eigenvalue weighted by molar-refractivity contribution is 6.30. The fourth-order valence-corrected chi connectivity index (χ4v) is 1.92. The van der Waals surface area contributed by atoms with Crippen molar-refractivity contribution in [3.05, 3.63) is 34.9 Å². The van der Waals surface area contributed by atoms with Crippen LogP contribution < -0.4 is 10.6 Å². The van der Waals surface area contributed by atoms with Gasteiger partial charge in [-0.05, 0) is 38.7 Å². The van der Waals surface area contributed by atoms with E-state index in [2.05, 4.69) is 10.6 Å². The Bertz CT molecular complexity index is 423. The van der Waals surface area contributed by atoms with Crippen molar-refractivity contribution in [3.63, 3.8) is 0 Å². The summed E-state index contributed by atoms with van der Waals surface area (Å²) in [6, 6.07) is 7.08. The number of hydrogen-bond acceptors (Lipinski definition) is 3. The molecule has 0 aromatic heterocycles. The number of aliphatic hydroxyl groups excluding tert-OH is 1. The van der Waals surface area contributed by atoms with Crippen LogP contribution in [0, 0.1) is 0 Å². The zero-order valence-electron chi connectivity index (χ0n) is 12.1. The first kappa shape index (κ1) is 16.8. The van der Waals surface area contributed by atoms with E-state index in [9.17, 15) is 4.79 Å². The van der Waals surface area contributed by atoms with Gasteiger partial charge in [-0.25, -0.2) is 4.79 Å². The molecule has 0 aliphatic rings. The average molecular weight is 300 g/mol. The van der Waals surface area contributed by atoms with Crippen LogP contribution in [0.2, 0.25) is 5.02 Å². The minimum absolute atomic E-state index is 0.0578. The van der Waals surface area contributed by atoms with Gasteiger partial charge in [0.1, 0.15) is 0 Å². The maximum absolute atomic E-state index is 11.7. The highest BCUT2D eigenvalue weighted by atomic mass is 35.5. The Labute approximate surface area is 124 Å². The number of urea groups is 1. The van der Waals surface area contributed by atoms with E-state index in [1.165, 1.54) is 0 Å². The summed E-state index contributed by atoms with van der Waals surface area (Å²) in [4.78, 5) is 13.7. The van der Waals surface area contributed by atoms with Crippen LogP contribution >= 0.6 is 11.6 Å². The molecule has 0 saturated heterocycles. The van der Waals surface area contributed by atoms with Crippen molar-refractivity contribution in [2.45, 2.75) is 19.0 Å². The standard InChI is InChI=1S/C14H22ClN3O2/c1-10(9-19)17-14(20)16-8-13(18(2)3)11-4-6-12(15)7-5-11/h4-7,10,13,19H,8-9H2,1-3H3,(H2,16,17,20)/t10-,13+/m1/s1. The number of nitrogens with zero attached hydrogens (tertiary/aromatic N) is 1. The van der Waals surface area contributed by atoms with Gasteiger partial charge in [0.2, 0.25) is 0 Å². The molecule has 3 N–H and O–H groups in total. The fraction of sp³-hybridized carbons (Fsp3) is 0.500. The first-order valence-electron chi connectivity index (χ1n) is 6.51. The molecule has 0 aliphatic heterocycles. The zero-order valence-corrected chi connectivity index (χ0v) is 12.8. The van der Waals surface area contributed by atoms with Gasteiger partial charge in [0.25, 0.3) is 0 Å². The van der Waals surface area contributed by atoms with Gasteiger partial charge in [-0.1, -0.05) is 23.7 Å². The molecule has 112 valence electrons. The molecule has 6 heteroatoms. The van der Waals surface area contributed by atoms with Crippen molar-refractivity contribution in [1.82, 2.24) is 15.5 Å². The molecular weight excluding hydrogens is 278 g/mol. The number of hydrogen-bond donors (Lipinski definition) is 3. The number of rotatable bonds is 6. The largest absolute Gasteiger partial charge is 0.394 e. The van der Waals surface area contributed by atoms with Crippen LogP contribution in [0.4, 0.5) is 4.79 Å². The minimum atomic E-state index is -0.285. The number of carbonyl (C=O) groups is 1. The van der Waals surface area contributed by atoms with E-state index in [0.29, 0.717) is 11.6 Å². The Hall–Kier alpha value is -1.30. The Morgan fingerprint density at radius 3 is 2.45 bits per heavy atom. The molecule has 0 saturated carbocycles. The molecule has 20 heavy (non-hydrogen) atoms. The van der Waals surface area contributed by atoms with Crippen LogP contribution in [0.1, 0.15) is 18.5 Å². The Morgan fingerprint density at radius 2 is 1.95 bits per heavy atom. The summed E-state index contributed by atoms with van der Waals surface area (Å²) >= 11 is 5.88.